The molecule has 4 unspecified atom stereocenters. The fraction of sp³-hybridized carbons (Fsp3) is 0.778. The van der Waals surface area contributed by atoms with Crippen molar-refractivity contribution in [1.29, 1.82) is 0 Å². The maximum atomic E-state index is 10.7. The molecule has 0 aromatic rings. The molecule has 1 saturated heterocycles. The first-order valence-corrected chi connectivity index (χ1v) is 6.46. The Morgan fingerprint density at radius 3 is 2.47 bits per heavy atom. The Balaban J connectivity index is 2.71. The standard InChI is InChI=1S/C9H17O5P/c1-6-7(2)14-8(9(6)13-3)4-5-15(10,11)12/h4-9H,1-3H3,(H2,10,11,12)/b5-4+. The molecule has 1 heterocycles. The zero-order valence-electron chi connectivity index (χ0n) is 9.03. The first-order chi connectivity index (χ1) is 6.85. The fourth-order valence-electron chi connectivity index (χ4n) is 1.72. The van der Waals surface area contributed by atoms with Crippen molar-refractivity contribution < 1.29 is 23.8 Å². The molecule has 1 rings (SSSR count). The van der Waals surface area contributed by atoms with Gasteiger partial charge in [-0.05, 0) is 13.0 Å². The summed E-state index contributed by atoms with van der Waals surface area (Å²) in [5, 5.41) is 0. The summed E-state index contributed by atoms with van der Waals surface area (Å²) in [7, 11) is -2.54. The smallest absolute Gasteiger partial charge is 0.348 e. The number of hydrogen-bond donors (Lipinski definition) is 2. The monoisotopic (exact) mass is 236 g/mol. The first-order valence-electron chi connectivity index (χ1n) is 4.78. The normalized spacial score (nSPS) is 37.7. The lowest BCUT2D eigenvalue weighted by atomic mass is 9.99. The zero-order chi connectivity index (χ0) is 11.6. The van der Waals surface area contributed by atoms with Crippen molar-refractivity contribution in [3.8, 4) is 0 Å². The van der Waals surface area contributed by atoms with Crippen molar-refractivity contribution in [1.82, 2.24) is 0 Å². The maximum Gasteiger partial charge on any atom is 0.348 e. The van der Waals surface area contributed by atoms with E-state index in [9.17, 15) is 4.57 Å². The van der Waals surface area contributed by atoms with Crippen LogP contribution in [0.5, 0.6) is 0 Å². The summed E-state index contributed by atoms with van der Waals surface area (Å²) in [5.74, 6) is 1.08. The quantitative estimate of drug-likeness (QED) is 0.718. The van der Waals surface area contributed by atoms with E-state index in [-0.39, 0.29) is 24.2 Å². The van der Waals surface area contributed by atoms with E-state index in [4.69, 9.17) is 19.3 Å². The summed E-state index contributed by atoms with van der Waals surface area (Å²) in [4.78, 5) is 17.4. The summed E-state index contributed by atoms with van der Waals surface area (Å²) >= 11 is 0. The van der Waals surface area contributed by atoms with Crippen LogP contribution in [-0.2, 0) is 14.0 Å². The van der Waals surface area contributed by atoms with Crippen molar-refractivity contribution in [2.75, 3.05) is 7.11 Å². The SMILES string of the molecule is COC1C(/C=C/P(=O)(O)O)OC(C)C1C. The van der Waals surface area contributed by atoms with E-state index in [0.717, 1.165) is 5.82 Å². The molecule has 0 saturated carbocycles. The van der Waals surface area contributed by atoms with E-state index >= 15 is 0 Å². The van der Waals surface area contributed by atoms with Gasteiger partial charge in [-0.1, -0.05) is 6.92 Å². The highest BCUT2D eigenvalue weighted by Crippen LogP contribution is 2.38. The Morgan fingerprint density at radius 2 is 2.00 bits per heavy atom. The summed E-state index contributed by atoms with van der Waals surface area (Å²) in [5.41, 5.74) is 0. The molecule has 4 atom stereocenters. The van der Waals surface area contributed by atoms with E-state index in [1.807, 2.05) is 13.8 Å². The Labute approximate surface area is 89.2 Å². The molecule has 1 aliphatic heterocycles. The Hall–Kier alpha value is -0.190. The van der Waals surface area contributed by atoms with Crippen LogP contribution in [0.25, 0.3) is 0 Å². The number of methoxy groups -OCH3 is 1. The van der Waals surface area contributed by atoms with E-state index in [1.165, 1.54) is 6.08 Å². The average Bonchev–Trinajstić information content (AvgIpc) is 2.38. The molecular weight excluding hydrogens is 219 g/mol. The molecule has 0 spiro atoms. The Kier molecular flexibility index (Phi) is 4.09. The van der Waals surface area contributed by atoms with Gasteiger partial charge in [0.25, 0.3) is 0 Å². The van der Waals surface area contributed by atoms with Crippen LogP contribution in [0.2, 0.25) is 0 Å². The fourth-order valence-corrected chi connectivity index (χ4v) is 2.11. The molecule has 6 heteroatoms. The second-order valence-electron chi connectivity index (χ2n) is 3.80. The molecule has 2 N–H and O–H groups in total. The largest absolute Gasteiger partial charge is 0.378 e. The highest BCUT2D eigenvalue weighted by Gasteiger charge is 2.38. The van der Waals surface area contributed by atoms with Gasteiger partial charge < -0.3 is 19.3 Å². The highest BCUT2D eigenvalue weighted by molar-refractivity contribution is 7.55. The number of hydrogen-bond acceptors (Lipinski definition) is 3. The van der Waals surface area contributed by atoms with Gasteiger partial charge in [-0.3, -0.25) is 4.57 Å². The van der Waals surface area contributed by atoms with Gasteiger partial charge in [0.2, 0.25) is 0 Å². The van der Waals surface area contributed by atoms with Crippen molar-refractivity contribution in [2.24, 2.45) is 5.92 Å². The summed E-state index contributed by atoms with van der Waals surface area (Å²) < 4.78 is 21.4. The Bertz CT molecular complexity index is 284. The lowest BCUT2D eigenvalue weighted by molar-refractivity contribution is 0.0252. The predicted octanol–water partition coefficient (Wildman–Crippen LogP) is 1.12. The van der Waals surface area contributed by atoms with Crippen LogP contribution in [0.3, 0.4) is 0 Å². The number of ether oxygens (including phenoxy) is 2. The highest BCUT2D eigenvalue weighted by atomic mass is 31.2. The van der Waals surface area contributed by atoms with Crippen molar-refractivity contribution >= 4 is 7.60 Å². The second-order valence-corrected chi connectivity index (χ2v) is 5.27. The molecule has 0 amide bonds. The second kappa shape index (κ2) is 4.76. The Morgan fingerprint density at radius 1 is 1.40 bits per heavy atom. The van der Waals surface area contributed by atoms with Gasteiger partial charge in [-0.25, -0.2) is 0 Å². The van der Waals surface area contributed by atoms with E-state index < -0.39 is 7.60 Å². The van der Waals surface area contributed by atoms with Crippen LogP contribution in [-0.4, -0.2) is 35.2 Å². The van der Waals surface area contributed by atoms with Crippen molar-refractivity contribution in [3.63, 3.8) is 0 Å². The lowest BCUT2D eigenvalue weighted by Gasteiger charge is -2.16. The van der Waals surface area contributed by atoms with Gasteiger partial charge in [0.05, 0.1) is 12.2 Å². The first kappa shape index (κ1) is 12.9. The van der Waals surface area contributed by atoms with Gasteiger partial charge in [0.15, 0.2) is 0 Å². The van der Waals surface area contributed by atoms with Crippen LogP contribution < -0.4 is 0 Å². The van der Waals surface area contributed by atoms with Gasteiger partial charge in [-0.2, -0.15) is 0 Å². The molecule has 5 nitrogen and oxygen atoms in total. The van der Waals surface area contributed by atoms with Crippen molar-refractivity contribution in [3.05, 3.63) is 11.9 Å². The minimum atomic E-state index is -4.11. The summed E-state index contributed by atoms with van der Waals surface area (Å²) in [6.07, 6.45) is 0.881. The molecular formula is C9H17O5P. The van der Waals surface area contributed by atoms with Gasteiger partial charge in [0, 0.05) is 18.8 Å². The topological polar surface area (TPSA) is 76.0 Å². The predicted molar refractivity (Wildman–Crippen MR) is 55.5 cm³/mol. The molecule has 0 aromatic carbocycles. The van der Waals surface area contributed by atoms with Crippen LogP contribution in [0, 0.1) is 5.92 Å². The molecule has 15 heavy (non-hydrogen) atoms. The third kappa shape index (κ3) is 3.40. The molecule has 88 valence electrons. The van der Waals surface area contributed by atoms with E-state index in [0.29, 0.717) is 0 Å². The van der Waals surface area contributed by atoms with Crippen LogP contribution >= 0.6 is 7.60 Å². The van der Waals surface area contributed by atoms with Gasteiger partial charge >= 0.3 is 7.60 Å². The van der Waals surface area contributed by atoms with Crippen LogP contribution in [0.1, 0.15) is 13.8 Å². The van der Waals surface area contributed by atoms with Gasteiger partial charge in [0.1, 0.15) is 6.10 Å². The summed E-state index contributed by atoms with van der Waals surface area (Å²) in [6, 6.07) is 0. The molecule has 0 aliphatic carbocycles. The molecule has 0 radical (unpaired) electrons. The average molecular weight is 236 g/mol. The minimum absolute atomic E-state index is 0.0290. The summed E-state index contributed by atoms with van der Waals surface area (Å²) in [6.45, 7) is 3.91. The number of rotatable bonds is 3. The third-order valence-electron chi connectivity index (χ3n) is 2.70. The van der Waals surface area contributed by atoms with E-state index in [2.05, 4.69) is 0 Å². The third-order valence-corrected chi connectivity index (χ3v) is 3.26. The molecule has 1 aliphatic rings. The molecule has 0 aromatic heterocycles. The van der Waals surface area contributed by atoms with E-state index in [1.54, 1.807) is 7.11 Å². The maximum absolute atomic E-state index is 10.7. The van der Waals surface area contributed by atoms with Crippen molar-refractivity contribution in [2.45, 2.75) is 32.2 Å². The van der Waals surface area contributed by atoms with Crippen LogP contribution in [0.15, 0.2) is 11.9 Å². The lowest BCUT2D eigenvalue weighted by Crippen LogP contribution is -2.26. The molecule has 1 fully saturated rings. The van der Waals surface area contributed by atoms with Gasteiger partial charge in [-0.15, -0.1) is 0 Å². The molecule has 0 bridgehead atoms. The minimum Gasteiger partial charge on any atom is -0.378 e. The van der Waals surface area contributed by atoms with Crippen LogP contribution in [0.4, 0.5) is 0 Å². The zero-order valence-corrected chi connectivity index (χ0v) is 9.92.